The zero-order valence-corrected chi connectivity index (χ0v) is 15.2. The minimum Gasteiger partial charge on any atom is -0.338 e. The second-order valence-electron chi connectivity index (χ2n) is 7.15. The molecule has 11 heteroatoms. The van der Waals surface area contributed by atoms with Crippen molar-refractivity contribution >= 4 is 6.03 Å². The number of aryl methyl sites for hydroxylation is 2. The summed E-state index contributed by atoms with van der Waals surface area (Å²) in [6, 6.07) is 0.953. The third-order valence-electron chi connectivity index (χ3n) is 4.83. The number of hydrogen-bond acceptors (Lipinski definition) is 2. The van der Waals surface area contributed by atoms with Crippen LogP contribution in [0.3, 0.4) is 0 Å². The molecule has 0 bridgehead atoms. The number of rotatable bonds is 4. The molecule has 0 aliphatic carbocycles. The molecule has 1 aliphatic rings. The smallest absolute Gasteiger partial charge is 0.338 e. The summed E-state index contributed by atoms with van der Waals surface area (Å²) >= 11 is 0. The number of likely N-dealkylation sites (tertiary alicyclic amines) is 1. The van der Waals surface area contributed by atoms with E-state index < -0.39 is 43.3 Å². The Balaban J connectivity index is 1.94. The van der Waals surface area contributed by atoms with Crippen LogP contribution in [0.15, 0.2) is 6.07 Å². The van der Waals surface area contributed by atoms with Gasteiger partial charge in [0, 0.05) is 31.9 Å². The Hall–Kier alpha value is -1.94. The molecular weight excluding hydrogens is 378 g/mol. The Morgan fingerprint density at radius 1 is 1.26 bits per heavy atom. The fraction of sp³-hybridized carbons (Fsp3) is 0.750. The van der Waals surface area contributed by atoms with Crippen LogP contribution >= 0.6 is 0 Å². The molecule has 2 amide bonds. The quantitative estimate of drug-likeness (QED) is 0.785. The molecule has 154 valence electrons. The van der Waals surface area contributed by atoms with E-state index in [-0.39, 0.29) is 12.5 Å². The van der Waals surface area contributed by atoms with E-state index in [1.165, 1.54) is 0 Å². The molecule has 1 atom stereocenters. The minimum absolute atomic E-state index is 0.107. The van der Waals surface area contributed by atoms with Gasteiger partial charge < -0.3 is 10.2 Å². The highest BCUT2D eigenvalue weighted by Gasteiger charge is 2.72. The lowest BCUT2D eigenvalue weighted by Gasteiger charge is -2.33. The molecule has 0 spiro atoms. The van der Waals surface area contributed by atoms with Crippen molar-refractivity contribution in [3.63, 3.8) is 0 Å². The molecule has 1 fully saturated rings. The van der Waals surface area contributed by atoms with Gasteiger partial charge in [-0.2, -0.15) is 31.4 Å². The number of nitrogens with zero attached hydrogens (tertiary/aromatic N) is 3. The zero-order chi connectivity index (χ0) is 20.6. The molecule has 1 saturated heterocycles. The Kier molecular flexibility index (Phi) is 5.72. The van der Waals surface area contributed by atoms with Gasteiger partial charge in [-0.25, -0.2) is 4.79 Å². The SMILES string of the molecule is Cc1cc(C)n(CC(C)CNC(=O)N2CCC(C(F)(F)F)(C(F)(F)F)C2)n1. The van der Waals surface area contributed by atoms with Crippen molar-refractivity contribution in [1.82, 2.24) is 20.0 Å². The maximum Gasteiger partial charge on any atom is 0.404 e. The highest BCUT2D eigenvalue weighted by atomic mass is 19.4. The Morgan fingerprint density at radius 2 is 1.85 bits per heavy atom. The summed E-state index contributed by atoms with van der Waals surface area (Å²) in [6.45, 7) is 4.05. The van der Waals surface area contributed by atoms with Crippen molar-refractivity contribution in [1.29, 1.82) is 0 Å². The first kappa shape index (κ1) is 21.4. The molecule has 0 saturated carbocycles. The number of halogens is 6. The van der Waals surface area contributed by atoms with E-state index in [1.54, 1.807) is 11.6 Å². The van der Waals surface area contributed by atoms with Crippen molar-refractivity contribution < 1.29 is 31.1 Å². The number of aromatic nitrogens is 2. The van der Waals surface area contributed by atoms with Gasteiger partial charge in [-0.3, -0.25) is 4.68 Å². The summed E-state index contributed by atoms with van der Waals surface area (Å²) < 4.78 is 80.1. The number of carbonyl (C=O) groups is 1. The highest BCUT2D eigenvalue weighted by Crippen LogP contribution is 2.55. The summed E-state index contributed by atoms with van der Waals surface area (Å²) in [5, 5.41) is 6.69. The summed E-state index contributed by atoms with van der Waals surface area (Å²) in [5.74, 6) is -0.107. The lowest BCUT2D eigenvalue weighted by Crippen LogP contribution is -2.53. The molecule has 0 radical (unpaired) electrons. The maximum absolute atomic E-state index is 13.1. The maximum atomic E-state index is 13.1. The Morgan fingerprint density at radius 3 is 2.30 bits per heavy atom. The van der Waals surface area contributed by atoms with Gasteiger partial charge in [0.15, 0.2) is 5.41 Å². The van der Waals surface area contributed by atoms with Crippen molar-refractivity contribution in [2.24, 2.45) is 11.3 Å². The Labute approximate surface area is 152 Å². The molecule has 2 heterocycles. The van der Waals surface area contributed by atoms with Crippen molar-refractivity contribution in [3.05, 3.63) is 17.5 Å². The molecular formula is C16H22F6N4O. The van der Waals surface area contributed by atoms with Crippen LogP contribution in [0.25, 0.3) is 0 Å². The minimum atomic E-state index is -5.47. The monoisotopic (exact) mass is 400 g/mol. The van der Waals surface area contributed by atoms with Crippen molar-refractivity contribution in [2.45, 2.75) is 46.1 Å². The Bertz CT molecular complexity index is 667. The van der Waals surface area contributed by atoms with Crippen LogP contribution in [0.4, 0.5) is 31.1 Å². The van der Waals surface area contributed by atoms with E-state index in [0.29, 0.717) is 11.4 Å². The topological polar surface area (TPSA) is 50.2 Å². The molecule has 1 unspecified atom stereocenters. The van der Waals surface area contributed by atoms with Gasteiger partial charge in [0.2, 0.25) is 0 Å². The van der Waals surface area contributed by atoms with Crippen LogP contribution in [0.1, 0.15) is 24.7 Å². The van der Waals surface area contributed by atoms with Crippen LogP contribution in [-0.4, -0.2) is 52.7 Å². The van der Waals surface area contributed by atoms with Gasteiger partial charge in [0.25, 0.3) is 0 Å². The highest BCUT2D eigenvalue weighted by molar-refractivity contribution is 5.74. The standard InChI is InChI=1S/C16H22F6N4O/c1-10(8-26-12(3)6-11(2)24-26)7-23-13(27)25-5-4-14(9-25,15(17,18)19)16(20,21)22/h6,10H,4-5,7-9H2,1-3H3,(H,23,27). The molecule has 5 nitrogen and oxygen atoms in total. The van der Waals surface area contributed by atoms with Gasteiger partial charge in [-0.05, 0) is 32.3 Å². The van der Waals surface area contributed by atoms with Crippen LogP contribution in [0.2, 0.25) is 0 Å². The molecule has 1 N–H and O–H groups in total. The van der Waals surface area contributed by atoms with Crippen LogP contribution in [0.5, 0.6) is 0 Å². The first-order valence-electron chi connectivity index (χ1n) is 8.44. The van der Waals surface area contributed by atoms with Crippen molar-refractivity contribution in [2.75, 3.05) is 19.6 Å². The fourth-order valence-electron chi connectivity index (χ4n) is 3.20. The predicted octanol–water partition coefficient (Wildman–Crippen LogP) is 3.66. The second-order valence-corrected chi connectivity index (χ2v) is 7.15. The van der Waals surface area contributed by atoms with E-state index in [0.717, 1.165) is 11.4 Å². The van der Waals surface area contributed by atoms with Crippen LogP contribution in [-0.2, 0) is 6.54 Å². The molecule has 0 aromatic carbocycles. The summed E-state index contributed by atoms with van der Waals surface area (Å²) in [7, 11) is 0. The van der Waals surface area contributed by atoms with E-state index in [1.807, 2.05) is 19.9 Å². The van der Waals surface area contributed by atoms with Gasteiger partial charge in [-0.15, -0.1) is 0 Å². The third kappa shape index (κ3) is 4.32. The number of urea groups is 1. The number of nitrogens with one attached hydrogen (secondary N) is 1. The molecule has 1 aromatic heterocycles. The summed E-state index contributed by atoms with van der Waals surface area (Å²) in [4.78, 5) is 12.7. The first-order chi connectivity index (χ1) is 12.3. The van der Waals surface area contributed by atoms with E-state index >= 15 is 0 Å². The summed E-state index contributed by atoms with van der Waals surface area (Å²) in [5.41, 5.74) is -2.12. The lowest BCUT2D eigenvalue weighted by molar-refractivity contribution is -0.334. The summed E-state index contributed by atoms with van der Waals surface area (Å²) in [6.07, 6.45) is -12.1. The largest absolute Gasteiger partial charge is 0.404 e. The lowest BCUT2D eigenvalue weighted by atomic mass is 9.85. The fourth-order valence-corrected chi connectivity index (χ4v) is 3.20. The van der Waals surface area contributed by atoms with Crippen molar-refractivity contribution in [3.8, 4) is 0 Å². The number of hydrogen-bond donors (Lipinski definition) is 1. The molecule has 2 rings (SSSR count). The second kappa shape index (κ2) is 7.23. The number of alkyl halides is 6. The molecule has 1 aromatic rings. The third-order valence-corrected chi connectivity index (χ3v) is 4.83. The number of carbonyl (C=O) groups excluding carboxylic acids is 1. The van der Waals surface area contributed by atoms with Crippen LogP contribution < -0.4 is 5.32 Å². The average Bonchev–Trinajstić information content (AvgIpc) is 3.09. The van der Waals surface area contributed by atoms with Gasteiger partial charge in [-0.1, -0.05) is 6.92 Å². The van der Waals surface area contributed by atoms with E-state index in [9.17, 15) is 31.1 Å². The average molecular weight is 400 g/mol. The zero-order valence-electron chi connectivity index (χ0n) is 15.2. The van der Waals surface area contributed by atoms with E-state index in [2.05, 4.69) is 10.4 Å². The van der Waals surface area contributed by atoms with Gasteiger partial charge in [0.1, 0.15) is 0 Å². The van der Waals surface area contributed by atoms with Gasteiger partial charge >= 0.3 is 18.4 Å². The molecule has 1 aliphatic heterocycles. The van der Waals surface area contributed by atoms with Crippen LogP contribution in [0, 0.1) is 25.2 Å². The van der Waals surface area contributed by atoms with Gasteiger partial charge in [0.05, 0.1) is 5.69 Å². The van der Waals surface area contributed by atoms with E-state index in [4.69, 9.17) is 0 Å². The molecule has 27 heavy (non-hydrogen) atoms. The first-order valence-corrected chi connectivity index (χ1v) is 8.44. The predicted molar refractivity (Wildman–Crippen MR) is 85.0 cm³/mol. The number of amides is 2. The normalized spacial score (nSPS) is 18.6.